The molecule has 0 unspecified atom stereocenters. The molecule has 0 bridgehead atoms. The van der Waals surface area contributed by atoms with Crippen molar-refractivity contribution in [3.63, 3.8) is 0 Å². The highest BCUT2D eigenvalue weighted by molar-refractivity contribution is 6.00. The van der Waals surface area contributed by atoms with Crippen LogP contribution in [0.25, 0.3) is 0 Å². The Bertz CT molecular complexity index is 695. The summed E-state index contributed by atoms with van der Waals surface area (Å²) in [4.78, 5) is 15.0. The fourth-order valence-corrected chi connectivity index (χ4v) is 3.77. The van der Waals surface area contributed by atoms with Crippen molar-refractivity contribution in [3.05, 3.63) is 47.3 Å². The lowest BCUT2D eigenvalue weighted by atomic mass is 9.93. The SMILES string of the molecule is O=C(c1cccc2c1NCCC2)N1CCC[C@H](c2ccn[nH]2)C1. The fourth-order valence-electron chi connectivity index (χ4n) is 3.77. The van der Waals surface area contributed by atoms with Crippen LogP contribution in [0.1, 0.15) is 46.8 Å². The summed E-state index contributed by atoms with van der Waals surface area (Å²) in [5.74, 6) is 0.517. The molecule has 0 aliphatic carbocycles. The number of likely N-dealkylation sites (tertiary alicyclic amines) is 1. The van der Waals surface area contributed by atoms with Crippen molar-refractivity contribution in [2.45, 2.75) is 31.6 Å². The molecule has 2 aliphatic rings. The first-order valence-electron chi connectivity index (χ1n) is 8.47. The first kappa shape index (κ1) is 14.3. The average molecular weight is 310 g/mol. The number of amides is 1. The predicted molar refractivity (Wildman–Crippen MR) is 89.7 cm³/mol. The van der Waals surface area contributed by atoms with Gasteiger partial charge in [0, 0.05) is 37.4 Å². The van der Waals surface area contributed by atoms with Crippen molar-refractivity contribution in [2.24, 2.45) is 0 Å². The maximum Gasteiger partial charge on any atom is 0.255 e. The van der Waals surface area contributed by atoms with E-state index in [2.05, 4.69) is 21.6 Å². The van der Waals surface area contributed by atoms with E-state index in [1.807, 2.05) is 23.1 Å². The molecule has 120 valence electrons. The van der Waals surface area contributed by atoms with Crippen molar-refractivity contribution in [1.82, 2.24) is 15.1 Å². The van der Waals surface area contributed by atoms with E-state index in [1.54, 1.807) is 6.20 Å². The molecule has 1 saturated heterocycles. The van der Waals surface area contributed by atoms with E-state index in [-0.39, 0.29) is 5.91 Å². The number of benzene rings is 1. The highest BCUT2D eigenvalue weighted by Gasteiger charge is 2.28. The third-order valence-corrected chi connectivity index (χ3v) is 4.98. The molecule has 1 atom stereocenters. The molecule has 3 heterocycles. The van der Waals surface area contributed by atoms with E-state index in [0.717, 1.165) is 62.3 Å². The largest absolute Gasteiger partial charge is 0.384 e. The number of hydrogen-bond acceptors (Lipinski definition) is 3. The minimum atomic E-state index is 0.153. The molecule has 1 aromatic heterocycles. The van der Waals surface area contributed by atoms with Gasteiger partial charge < -0.3 is 10.2 Å². The molecule has 0 spiro atoms. The van der Waals surface area contributed by atoms with Crippen LogP contribution < -0.4 is 5.32 Å². The summed E-state index contributed by atoms with van der Waals surface area (Å²) < 4.78 is 0. The van der Waals surface area contributed by atoms with Gasteiger partial charge in [-0.3, -0.25) is 9.89 Å². The average Bonchev–Trinajstić information content (AvgIpc) is 3.15. The van der Waals surface area contributed by atoms with E-state index in [9.17, 15) is 4.79 Å². The van der Waals surface area contributed by atoms with Gasteiger partial charge in [0.1, 0.15) is 0 Å². The maximum absolute atomic E-state index is 13.0. The second-order valence-electron chi connectivity index (χ2n) is 6.47. The molecule has 1 fully saturated rings. The third-order valence-electron chi connectivity index (χ3n) is 4.98. The number of carbonyl (C=O) groups excluding carboxylic acids is 1. The smallest absolute Gasteiger partial charge is 0.255 e. The quantitative estimate of drug-likeness (QED) is 0.896. The zero-order valence-electron chi connectivity index (χ0n) is 13.2. The molecule has 1 aromatic carbocycles. The van der Waals surface area contributed by atoms with Gasteiger partial charge in [0.2, 0.25) is 0 Å². The van der Waals surface area contributed by atoms with Gasteiger partial charge in [0.05, 0.1) is 11.3 Å². The van der Waals surface area contributed by atoms with Crippen LogP contribution in [-0.2, 0) is 6.42 Å². The molecule has 0 radical (unpaired) electrons. The van der Waals surface area contributed by atoms with Crippen LogP contribution in [-0.4, -0.2) is 40.6 Å². The summed E-state index contributed by atoms with van der Waals surface area (Å²) in [5.41, 5.74) is 4.28. The number of piperidine rings is 1. The Morgan fingerprint density at radius 3 is 3.09 bits per heavy atom. The molecule has 5 heteroatoms. The van der Waals surface area contributed by atoms with Gasteiger partial charge >= 0.3 is 0 Å². The van der Waals surface area contributed by atoms with Gasteiger partial charge in [-0.25, -0.2) is 0 Å². The summed E-state index contributed by atoms with van der Waals surface area (Å²) >= 11 is 0. The molecule has 2 N–H and O–H groups in total. The summed E-state index contributed by atoms with van der Waals surface area (Å²) in [5, 5.41) is 10.5. The first-order chi connectivity index (χ1) is 11.3. The van der Waals surface area contributed by atoms with E-state index >= 15 is 0 Å². The maximum atomic E-state index is 13.0. The summed E-state index contributed by atoms with van der Waals surface area (Å²) in [6.45, 7) is 2.56. The molecule has 0 saturated carbocycles. The summed E-state index contributed by atoms with van der Waals surface area (Å²) in [6.07, 6.45) is 6.12. The number of rotatable bonds is 2. The van der Waals surface area contributed by atoms with Gasteiger partial charge in [0.25, 0.3) is 5.91 Å². The van der Waals surface area contributed by atoms with Crippen molar-refractivity contribution < 1.29 is 4.79 Å². The Balaban J connectivity index is 1.57. The minimum absolute atomic E-state index is 0.153. The Hall–Kier alpha value is -2.30. The molecule has 2 aromatic rings. The molecular weight excluding hydrogens is 288 g/mol. The van der Waals surface area contributed by atoms with Crippen LogP contribution >= 0.6 is 0 Å². The van der Waals surface area contributed by atoms with E-state index < -0.39 is 0 Å². The Morgan fingerprint density at radius 1 is 1.26 bits per heavy atom. The zero-order chi connectivity index (χ0) is 15.6. The van der Waals surface area contributed by atoms with Crippen molar-refractivity contribution in [1.29, 1.82) is 0 Å². The van der Waals surface area contributed by atoms with E-state index in [1.165, 1.54) is 5.56 Å². The standard InChI is InChI=1S/C18H22N4O/c23-18(15-7-1-4-13-5-2-9-19-17(13)15)22-11-3-6-14(12-22)16-8-10-20-21-16/h1,4,7-8,10,14,19H,2-3,5-6,9,11-12H2,(H,20,21)/t14-/m0/s1. The number of anilines is 1. The van der Waals surface area contributed by atoms with Gasteiger partial charge in [-0.15, -0.1) is 0 Å². The number of aromatic amines is 1. The molecule has 5 nitrogen and oxygen atoms in total. The van der Waals surface area contributed by atoms with E-state index in [4.69, 9.17) is 0 Å². The summed E-state index contributed by atoms with van der Waals surface area (Å²) in [6, 6.07) is 8.11. The number of H-pyrrole nitrogens is 1. The van der Waals surface area contributed by atoms with Crippen LogP contribution in [0, 0.1) is 0 Å². The number of para-hydroxylation sites is 1. The van der Waals surface area contributed by atoms with Gasteiger partial charge in [-0.05, 0) is 43.4 Å². The molecule has 4 rings (SSSR count). The van der Waals surface area contributed by atoms with Gasteiger partial charge in [-0.2, -0.15) is 5.10 Å². The third kappa shape index (κ3) is 2.71. The van der Waals surface area contributed by atoms with Crippen molar-refractivity contribution in [2.75, 3.05) is 25.0 Å². The van der Waals surface area contributed by atoms with Crippen LogP contribution in [0.4, 0.5) is 5.69 Å². The van der Waals surface area contributed by atoms with Crippen molar-refractivity contribution >= 4 is 11.6 Å². The lowest BCUT2D eigenvalue weighted by molar-refractivity contribution is 0.0706. The lowest BCUT2D eigenvalue weighted by Gasteiger charge is -2.33. The van der Waals surface area contributed by atoms with Crippen LogP contribution in [0.5, 0.6) is 0 Å². The lowest BCUT2D eigenvalue weighted by Crippen LogP contribution is -2.39. The number of nitrogens with zero attached hydrogens (tertiary/aromatic N) is 2. The molecule has 23 heavy (non-hydrogen) atoms. The highest BCUT2D eigenvalue weighted by Crippen LogP contribution is 2.30. The second-order valence-corrected chi connectivity index (χ2v) is 6.47. The monoisotopic (exact) mass is 310 g/mol. The molecular formula is C18H22N4O. The Kier molecular flexibility index (Phi) is 3.77. The predicted octanol–water partition coefficient (Wildman–Crippen LogP) is 2.79. The topological polar surface area (TPSA) is 61.0 Å². The van der Waals surface area contributed by atoms with E-state index in [0.29, 0.717) is 5.92 Å². The minimum Gasteiger partial charge on any atom is -0.384 e. The number of nitrogens with one attached hydrogen (secondary N) is 2. The number of aryl methyl sites for hydroxylation is 1. The second kappa shape index (κ2) is 6.07. The van der Waals surface area contributed by atoms with Crippen molar-refractivity contribution in [3.8, 4) is 0 Å². The van der Waals surface area contributed by atoms with Gasteiger partial charge in [-0.1, -0.05) is 12.1 Å². The highest BCUT2D eigenvalue weighted by atomic mass is 16.2. The number of hydrogen-bond donors (Lipinski definition) is 2. The Labute approximate surface area is 136 Å². The summed E-state index contributed by atoms with van der Waals surface area (Å²) in [7, 11) is 0. The number of carbonyl (C=O) groups is 1. The van der Waals surface area contributed by atoms with Crippen LogP contribution in [0.2, 0.25) is 0 Å². The number of fused-ring (bicyclic) bond motifs is 1. The number of aromatic nitrogens is 2. The normalized spacial score (nSPS) is 20.7. The van der Waals surface area contributed by atoms with Crippen LogP contribution in [0.15, 0.2) is 30.5 Å². The first-order valence-corrected chi connectivity index (χ1v) is 8.47. The van der Waals surface area contributed by atoms with Gasteiger partial charge in [0.15, 0.2) is 0 Å². The zero-order valence-corrected chi connectivity index (χ0v) is 13.2. The molecule has 1 amide bonds. The Morgan fingerprint density at radius 2 is 2.22 bits per heavy atom. The fraction of sp³-hybridized carbons (Fsp3) is 0.444. The molecule has 2 aliphatic heterocycles. The van der Waals surface area contributed by atoms with Crippen LogP contribution in [0.3, 0.4) is 0 Å².